The summed E-state index contributed by atoms with van der Waals surface area (Å²) in [5.41, 5.74) is 2.44. The van der Waals surface area contributed by atoms with Gasteiger partial charge in [0.15, 0.2) is 16.6 Å². The molecule has 6 nitrogen and oxygen atoms in total. The Kier molecular flexibility index (Phi) is 5.11. The number of halogens is 1. The Labute approximate surface area is 172 Å². The molecule has 28 heavy (non-hydrogen) atoms. The van der Waals surface area contributed by atoms with Crippen LogP contribution in [0.25, 0.3) is 5.70 Å². The zero-order chi connectivity index (χ0) is 19.7. The van der Waals surface area contributed by atoms with Crippen LogP contribution in [0.3, 0.4) is 0 Å². The molecule has 8 heteroatoms. The topological polar surface area (TPSA) is 68.8 Å². The lowest BCUT2D eigenvalue weighted by atomic mass is 9.92. The van der Waals surface area contributed by atoms with Crippen LogP contribution < -0.4 is 20.1 Å². The fourth-order valence-electron chi connectivity index (χ4n) is 3.21. The van der Waals surface area contributed by atoms with E-state index in [1.807, 2.05) is 30.3 Å². The molecule has 0 amide bonds. The fourth-order valence-corrected chi connectivity index (χ4v) is 3.70. The van der Waals surface area contributed by atoms with E-state index in [1.54, 1.807) is 19.1 Å². The highest BCUT2D eigenvalue weighted by Gasteiger charge is 2.35. The van der Waals surface area contributed by atoms with Crippen LogP contribution in [-0.2, 0) is 9.53 Å². The van der Waals surface area contributed by atoms with E-state index < -0.39 is 12.0 Å². The third-order valence-corrected chi connectivity index (χ3v) is 4.98. The molecule has 0 fully saturated rings. The smallest absolute Gasteiger partial charge is 0.338 e. The molecular weight excluding hydrogens is 400 g/mol. The van der Waals surface area contributed by atoms with Crippen molar-refractivity contribution in [2.45, 2.75) is 13.0 Å². The van der Waals surface area contributed by atoms with Crippen molar-refractivity contribution in [3.05, 3.63) is 64.2 Å². The summed E-state index contributed by atoms with van der Waals surface area (Å²) in [5.74, 6) is 0.674. The standard InChI is InChI=1S/C20H17ClN2O4S/c1-2-25-19(24)16-17(11-6-4-3-5-7-11)22-20(28)23-18(16)12-8-14-15(9-13(12)21)27-10-26-14/h3-9,18H,2,10H2,1H3,(H2,22,23,28)/t18-/m1/s1. The first-order valence-electron chi connectivity index (χ1n) is 8.71. The molecule has 1 atom stereocenters. The van der Waals surface area contributed by atoms with Gasteiger partial charge in [0.1, 0.15) is 0 Å². The lowest BCUT2D eigenvalue weighted by Crippen LogP contribution is -2.45. The molecule has 2 aliphatic heterocycles. The van der Waals surface area contributed by atoms with Gasteiger partial charge in [-0.3, -0.25) is 0 Å². The molecule has 4 rings (SSSR count). The van der Waals surface area contributed by atoms with Gasteiger partial charge < -0.3 is 24.8 Å². The maximum Gasteiger partial charge on any atom is 0.338 e. The SMILES string of the molecule is CCOC(=O)C1=C(c2ccccc2)NC(=S)N[C@@H]1c1cc2c(cc1Cl)OCO2. The monoisotopic (exact) mass is 416 g/mol. The van der Waals surface area contributed by atoms with E-state index >= 15 is 0 Å². The van der Waals surface area contributed by atoms with Gasteiger partial charge in [0.25, 0.3) is 0 Å². The Morgan fingerprint density at radius 1 is 1.25 bits per heavy atom. The first-order valence-corrected chi connectivity index (χ1v) is 9.50. The van der Waals surface area contributed by atoms with Gasteiger partial charge in [-0.2, -0.15) is 0 Å². The normalized spacial score (nSPS) is 17.8. The Bertz CT molecular complexity index is 978. The third kappa shape index (κ3) is 3.39. The highest BCUT2D eigenvalue weighted by Crippen LogP contribution is 2.42. The molecule has 2 aromatic rings. The summed E-state index contributed by atoms with van der Waals surface area (Å²) in [5, 5.41) is 7.04. The van der Waals surface area contributed by atoms with Gasteiger partial charge in [-0.05, 0) is 30.8 Å². The van der Waals surface area contributed by atoms with Crippen LogP contribution in [0.4, 0.5) is 0 Å². The van der Waals surface area contributed by atoms with Crippen molar-refractivity contribution in [3.63, 3.8) is 0 Å². The van der Waals surface area contributed by atoms with Crippen molar-refractivity contribution in [2.24, 2.45) is 0 Å². The Hall–Kier alpha value is -2.77. The molecule has 0 aliphatic carbocycles. The van der Waals surface area contributed by atoms with Gasteiger partial charge in [-0.25, -0.2) is 4.79 Å². The van der Waals surface area contributed by atoms with Gasteiger partial charge in [0.2, 0.25) is 6.79 Å². The summed E-state index contributed by atoms with van der Waals surface area (Å²) in [6.45, 7) is 2.14. The molecule has 0 aromatic heterocycles. The molecule has 2 aliphatic rings. The lowest BCUT2D eigenvalue weighted by molar-refractivity contribution is -0.138. The number of ether oxygens (including phenoxy) is 3. The first-order chi connectivity index (χ1) is 13.6. The summed E-state index contributed by atoms with van der Waals surface area (Å²) in [6, 6.07) is 12.3. The number of carbonyl (C=O) groups is 1. The van der Waals surface area contributed by atoms with Crippen molar-refractivity contribution in [1.29, 1.82) is 0 Å². The van der Waals surface area contributed by atoms with Crippen LogP contribution in [0.5, 0.6) is 11.5 Å². The zero-order valence-corrected chi connectivity index (χ0v) is 16.5. The quantitative estimate of drug-likeness (QED) is 0.583. The number of nitrogens with one attached hydrogen (secondary N) is 2. The number of fused-ring (bicyclic) bond motifs is 1. The third-order valence-electron chi connectivity index (χ3n) is 4.43. The van der Waals surface area contributed by atoms with Crippen molar-refractivity contribution in [1.82, 2.24) is 10.6 Å². The van der Waals surface area contributed by atoms with E-state index in [0.717, 1.165) is 5.56 Å². The minimum Gasteiger partial charge on any atom is -0.463 e. The zero-order valence-electron chi connectivity index (χ0n) is 15.0. The number of benzene rings is 2. The molecule has 2 aromatic carbocycles. The van der Waals surface area contributed by atoms with Crippen LogP contribution >= 0.6 is 23.8 Å². The maximum atomic E-state index is 12.9. The van der Waals surface area contributed by atoms with Crippen LogP contribution in [0.1, 0.15) is 24.1 Å². The molecular formula is C20H17ClN2O4S. The molecule has 0 radical (unpaired) electrons. The minimum absolute atomic E-state index is 0.128. The molecule has 0 bridgehead atoms. The second-order valence-corrected chi connectivity index (χ2v) is 6.95. The summed E-state index contributed by atoms with van der Waals surface area (Å²) in [4.78, 5) is 12.9. The van der Waals surface area contributed by atoms with Crippen LogP contribution in [0, 0.1) is 0 Å². The van der Waals surface area contributed by atoms with Gasteiger partial charge >= 0.3 is 5.97 Å². The predicted octanol–water partition coefficient (Wildman–Crippen LogP) is 3.56. The van der Waals surface area contributed by atoms with Crippen LogP contribution in [0.15, 0.2) is 48.0 Å². The predicted molar refractivity (Wildman–Crippen MR) is 109 cm³/mol. The minimum atomic E-state index is -0.606. The van der Waals surface area contributed by atoms with Gasteiger partial charge in [-0.1, -0.05) is 41.9 Å². The van der Waals surface area contributed by atoms with Crippen molar-refractivity contribution >= 4 is 40.6 Å². The van der Waals surface area contributed by atoms with E-state index in [4.69, 9.17) is 38.0 Å². The molecule has 2 N–H and O–H groups in total. The molecule has 144 valence electrons. The number of rotatable bonds is 4. The molecule has 0 saturated heterocycles. The number of thiocarbonyl (C=S) groups is 1. The van der Waals surface area contributed by atoms with Crippen LogP contribution in [0.2, 0.25) is 5.02 Å². The van der Waals surface area contributed by atoms with E-state index in [9.17, 15) is 4.79 Å². The first kappa shape index (κ1) is 18.6. The highest BCUT2D eigenvalue weighted by molar-refractivity contribution is 7.80. The second-order valence-electron chi connectivity index (χ2n) is 6.13. The fraction of sp³-hybridized carbons (Fsp3) is 0.200. The molecule has 2 heterocycles. The van der Waals surface area contributed by atoms with Gasteiger partial charge in [0.05, 0.1) is 28.9 Å². The molecule has 0 unspecified atom stereocenters. The summed E-state index contributed by atoms with van der Waals surface area (Å²) in [6.07, 6.45) is 0. The number of hydrogen-bond donors (Lipinski definition) is 2. The molecule has 0 spiro atoms. The number of hydrogen-bond acceptors (Lipinski definition) is 5. The highest BCUT2D eigenvalue weighted by atomic mass is 35.5. The van der Waals surface area contributed by atoms with E-state index in [1.165, 1.54) is 0 Å². The van der Waals surface area contributed by atoms with E-state index in [2.05, 4.69) is 10.6 Å². The second kappa shape index (κ2) is 7.69. The number of esters is 1. The summed E-state index contributed by atoms with van der Waals surface area (Å²) < 4.78 is 16.2. The molecule has 0 saturated carbocycles. The Balaban J connectivity index is 1.89. The summed E-state index contributed by atoms with van der Waals surface area (Å²) >= 11 is 11.9. The van der Waals surface area contributed by atoms with E-state index in [-0.39, 0.29) is 13.4 Å². The summed E-state index contributed by atoms with van der Waals surface area (Å²) in [7, 11) is 0. The van der Waals surface area contributed by atoms with Gasteiger partial charge in [0, 0.05) is 11.6 Å². The number of carbonyl (C=O) groups excluding carboxylic acids is 1. The Morgan fingerprint density at radius 2 is 1.96 bits per heavy atom. The largest absolute Gasteiger partial charge is 0.463 e. The van der Waals surface area contributed by atoms with E-state index in [0.29, 0.717) is 38.5 Å². The van der Waals surface area contributed by atoms with Gasteiger partial charge in [-0.15, -0.1) is 0 Å². The average molecular weight is 417 g/mol. The van der Waals surface area contributed by atoms with Crippen molar-refractivity contribution in [3.8, 4) is 11.5 Å². The van der Waals surface area contributed by atoms with Crippen molar-refractivity contribution in [2.75, 3.05) is 13.4 Å². The average Bonchev–Trinajstić information content (AvgIpc) is 3.14. The van der Waals surface area contributed by atoms with Crippen LogP contribution in [-0.4, -0.2) is 24.5 Å². The van der Waals surface area contributed by atoms with Crippen molar-refractivity contribution < 1.29 is 19.0 Å². The maximum absolute atomic E-state index is 12.9. The lowest BCUT2D eigenvalue weighted by Gasteiger charge is -2.31. The Morgan fingerprint density at radius 3 is 2.68 bits per heavy atom.